The van der Waals surface area contributed by atoms with Gasteiger partial charge in [0.15, 0.2) is 0 Å². The highest BCUT2D eigenvalue weighted by molar-refractivity contribution is 5.81. The zero-order valence-corrected chi connectivity index (χ0v) is 27.0. The molecule has 0 spiro atoms. The highest BCUT2D eigenvalue weighted by Crippen LogP contribution is 2.38. The van der Waals surface area contributed by atoms with Gasteiger partial charge in [-0.1, -0.05) is 72.8 Å². The standard InChI is InChI=1S/C42H39NO6/c44-22-34-4-1-31(19-37(34)25-47)28-7-13-40(14-8-28)43(41-15-9-29(10-16-41)32-2-5-35(23-45)38(20-32)26-48)42-17-11-30(12-18-42)33-3-6-36(24-46)39(21-33)27-49/h1-21,44-49H,22-27H2. The molecule has 0 heterocycles. The summed E-state index contributed by atoms with van der Waals surface area (Å²) in [5.74, 6) is 0. The maximum atomic E-state index is 9.81. The van der Waals surface area contributed by atoms with Gasteiger partial charge in [0.25, 0.3) is 0 Å². The van der Waals surface area contributed by atoms with E-state index < -0.39 is 0 Å². The molecule has 0 amide bonds. The van der Waals surface area contributed by atoms with Crippen molar-refractivity contribution in [3.05, 3.63) is 161 Å². The summed E-state index contributed by atoms with van der Waals surface area (Å²) < 4.78 is 0. The van der Waals surface area contributed by atoms with Gasteiger partial charge in [-0.2, -0.15) is 0 Å². The summed E-state index contributed by atoms with van der Waals surface area (Å²) in [7, 11) is 0. The van der Waals surface area contributed by atoms with E-state index in [9.17, 15) is 30.6 Å². The van der Waals surface area contributed by atoms with E-state index >= 15 is 0 Å². The van der Waals surface area contributed by atoms with Crippen LogP contribution in [0.1, 0.15) is 33.4 Å². The van der Waals surface area contributed by atoms with Gasteiger partial charge < -0.3 is 35.5 Å². The smallest absolute Gasteiger partial charge is 0.0685 e. The monoisotopic (exact) mass is 653 g/mol. The van der Waals surface area contributed by atoms with Crippen molar-refractivity contribution in [3.63, 3.8) is 0 Å². The minimum absolute atomic E-state index is 0.130. The summed E-state index contributed by atoms with van der Waals surface area (Å²) in [5.41, 5.74) is 12.8. The SMILES string of the molecule is OCc1ccc(-c2ccc(N(c3ccc(-c4ccc(CO)c(CO)c4)cc3)c3ccc(-c4ccc(CO)c(CO)c4)cc3)cc2)cc1CO. The predicted molar refractivity (Wildman–Crippen MR) is 193 cm³/mol. The van der Waals surface area contributed by atoms with Crippen LogP contribution in [-0.2, 0) is 39.6 Å². The average Bonchev–Trinajstić information content (AvgIpc) is 3.18. The van der Waals surface area contributed by atoms with E-state index in [0.29, 0.717) is 33.4 Å². The maximum absolute atomic E-state index is 9.81. The largest absolute Gasteiger partial charge is 0.392 e. The van der Waals surface area contributed by atoms with Crippen LogP contribution in [0.3, 0.4) is 0 Å². The fraction of sp³-hybridized carbons (Fsp3) is 0.143. The number of rotatable bonds is 12. The van der Waals surface area contributed by atoms with E-state index in [0.717, 1.165) is 50.4 Å². The third-order valence-corrected chi connectivity index (χ3v) is 9.02. The molecule has 7 heteroatoms. The number of aliphatic hydroxyl groups excluding tert-OH is 6. The Morgan fingerprint density at radius 1 is 0.265 bits per heavy atom. The van der Waals surface area contributed by atoms with Crippen LogP contribution < -0.4 is 4.90 Å². The van der Waals surface area contributed by atoms with Gasteiger partial charge in [0.2, 0.25) is 0 Å². The first kappa shape index (κ1) is 33.8. The Morgan fingerprint density at radius 3 is 0.714 bits per heavy atom. The zero-order chi connectivity index (χ0) is 34.3. The first-order valence-corrected chi connectivity index (χ1v) is 16.1. The summed E-state index contributed by atoms with van der Waals surface area (Å²) in [4.78, 5) is 2.16. The Morgan fingerprint density at radius 2 is 0.490 bits per heavy atom. The number of aliphatic hydroxyl groups is 6. The molecule has 0 unspecified atom stereocenters. The van der Waals surface area contributed by atoms with Gasteiger partial charge in [-0.25, -0.2) is 0 Å². The van der Waals surface area contributed by atoms with Crippen LogP contribution in [0, 0.1) is 0 Å². The normalized spacial score (nSPS) is 11.1. The molecule has 6 rings (SSSR count). The molecular weight excluding hydrogens is 614 g/mol. The highest BCUT2D eigenvalue weighted by atomic mass is 16.3. The summed E-state index contributed by atoms with van der Waals surface area (Å²) in [5, 5.41) is 58.3. The first-order valence-electron chi connectivity index (χ1n) is 16.1. The van der Waals surface area contributed by atoms with E-state index in [1.165, 1.54) is 0 Å². The van der Waals surface area contributed by atoms with Gasteiger partial charge in [0, 0.05) is 17.1 Å². The third-order valence-electron chi connectivity index (χ3n) is 9.02. The number of hydrogen-bond donors (Lipinski definition) is 6. The fourth-order valence-electron chi connectivity index (χ4n) is 6.18. The van der Waals surface area contributed by atoms with Gasteiger partial charge in [0.05, 0.1) is 39.6 Å². The Hall–Kier alpha value is -5.12. The van der Waals surface area contributed by atoms with E-state index in [1.807, 2.05) is 91.0 Å². The molecule has 0 bridgehead atoms. The molecule has 6 aromatic rings. The lowest BCUT2D eigenvalue weighted by atomic mass is 9.98. The molecule has 0 saturated carbocycles. The lowest BCUT2D eigenvalue weighted by Gasteiger charge is -2.26. The summed E-state index contributed by atoms with van der Waals surface area (Å²) in [6, 6.07) is 41.6. The van der Waals surface area contributed by atoms with Crippen molar-refractivity contribution >= 4 is 17.1 Å². The van der Waals surface area contributed by atoms with Crippen LogP contribution in [0.15, 0.2) is 127 Å². The summed E-state index contributed by atoms with van der Waals surface area (Å²) in [6.07, 6.45) is 0. The number of anilines is 3. The van der Waals surface area contributed by atoms with Crippen molar-refractivity contribution in [1.29, 1.82) is 0 Å². The predicted octanol–water partition coefficient (Wildman–Crippen LogP) is 7.11. The number of nitrogens with zero attached hydrogens (tertiary/aromatic N) is 1. The Labute approximate surface area is 285 Å². The van der Waals surface area contributed by atoms with Crippen molar-refractivity contribution < 1.29 is 30.6 Å². The number of hydrogen-bond acceptors (Lipinski definition) is 7. The number of benzene rings is 6. The lowest BCUT2D eigenvalue weighted by molar-refractivity contribution is 0.260. The lowest BCUT2D eigenvalue weighted by Crippen LogP contribution is -2.09. The molecule has 0 aliphatic carbocycles. The molecular formula is C42H39NO6. The van der Waals surface area contributed by atoms with E-state index in [-0.39, 0.29) is 39.6 Å². The quantitative estimate of drug-likeness (QED) is 0.0832. The molecule has 6 N–H and O–H groups in total. The minimum Gasteiger partial charge on any atom is -0.392 e. The first-order chi connectivity index (χ1) is 24.0. The average molecular weight is 654 g/mol. The van der Waals surface area contributed by atoms with Crippen LogP contribution in [0.5, 0.6) is 0 Å². The Bertz CT molecular complexity index is 1790. The summed E-state index contributed by atoms with van der Waals surface area (Å²) in [6.45, 7) is -0.845. The van der Waals surface area contributed by atoms with Gasteiger partial charge in [-0.05, 0) is 121 Å². The van der Waals surface area contributed by atoms with Crippen molar-refractivity contribution in [2.75, 3.05) is 4.90 Å². The Kier molecular flexibility index (Phi) is 10.6. The van der Waals surface area contributed by atoms with Crippen molar-refractivity contribution in [2.45, 2.75) is 39.6 Å². The zero-order valence-electron chi connectivity index (χ0n) is 27.0. The molecule has 0 saturated heterocycles. The van der Waals surface area contributed by atoms with Crippen LogP contribution in [0.4, 0.5) is 17.1 Å². The van der Waals surface area contributed by atoms with Crippen LogP contribution in [0.25, 0.3) is 33.4 Å². The van der Waals surface area contributed by atoms with Crippen molar-refractivity contribution in [3.8, 4) is 33.4 Å². The molecule has 7 nitrogen and oxygen atoms in total. The fourth-order valence-corrected chi connectivity index (χ4v) is 6.18. The second kappa shape index (κ2) is 15.4. The maximum Gasteiger partial charge on any atom is 0.0685 e. The molecule has 0 aliphatic heterocycles. The molecule has 6 aromatic carbocycles. The molecule has 0 radical (unpaired) electrons. The van der Waals surface area contributed by atoms with Crippen LogP contribution in [-0.4, -0.2) is 30.6 Å². The van der Waals surface area contributed by atoms with Crippen molar-refractivity contribution in [2.24, 2.45) is 0 Å². The molecule has 0 aliphatic rings. The summed E-state index contributed by atoms with van der Waals surface area (Å²) >= 11 is 0. The van der Waals surface area contributed by atoms with Gasteiger partial charge >= 0.3 is 0 Å². The molecule has 0 atom stereocenters. The minimum atomic E-state index is -0.151. The van der Waals surface area contributed by atoms with Gasteiger partial charge in [0.1, 0.15) is 0 Å². The second-order valence-electron chi connectivity index (χ2n) is 11.9. The molecule has 0 aromatic heterocycles. The van der Waals surface area contributed by atoms with E-state index in [1.54, 1.807) is 0 Å². The second-order valence-corrected chi connectivity index (χ2v) is 11.9. The molecule has 0 fully saturated rings. The highest BCUT2D eigenvalue weighted by Gasteiger charge is 2.15. The van der Waals surface area contributed by atoms with E-state index in [2.05, 4.69) is 41.3 Å². The van der Waals surface area contributed by atoms with Crippen LogP contribution in [0.2, 0.25) is 0 Å². The topological polar surface area (TPSA) is 125 Å². The van der Waals surface area contributed by atoms with Gasteiger partial charge in [-0.15, -0.1) is 0 Å². The Balaban J connectivity index is 1.37. The van der Waals surface area contributed by atoms with Crippen molar-refractivity contribution in [1.82, 2.24) is 0 Å². The van der Waals surface area contributed by atoms with Gasteiger partial charge in [-0.3, -0.25) is 0 Å². The van der Waals surface area contributed by atoms with Crippen LogP contribution >= 0.6 is 0 Å². The molecule has 248 valence electrons. The third kappa shape index (κ3) is 7.18. The molecule has 49 heavy (non-hydrogen) atoms. The van der Waals surface area contributed by atoms with E-state index in [4.69, 9.17) is 0 Å².